The Morgan fingerprint density at radius 2 is 1.88 bits per heavy atom. The molecule has 0 aliphatic rings. The monoisotopic (exact) mass is 425 g/mol. The number of carbonyl (C=O) groups is 1. The highest BCUT2D eigenvalue weighted by molar-refractivity contribution is 6.04. The van der Waals surface area contributed by atoms with E-state index in [0.29, 0.717) is 17.9 Å². The molecule has 0 radical (unpaired) electrons. The molecule has 0 aliphatic heterocycles. The van der Waals surface area contributed by atoms with E-state index in [1.54, 1.807) is 30.5 Å². The maximum absolute atomic E-state index is 12.6. The minimum Gasteiger partial charge on any atom is -0.489 e. The Labute approximate surface area is 186 Å². The molecule has 0 fully saturated rings. The molecule has 2 aromatic heterocycles. The quantitative estimate of drug-likeness (QED) is 0.412. The molecular formula is C26H23N3O3. The fourth-order valence-electron chi connectivity index (χ4n) is 3.15. The van der Waals surface area contributed by atoms with Crippen LogP contribution in [0.3, 0.4) is 0 Å². The van der Waals surface area contributed by atoms with Gasteiger partial charge in [0.1, 0.15) is 18.1 Å². The zero-order valence-corrected chi connectivity index (χ0v) is 17.9. The van der Waals surface area contributed by atoms with Crippen LogP contribution < -0.4 is 10.1 Å². The van der Waals surface area contributed by atoms with Crippen LogP contribution in [0.5, 0.6) is 5.75 Å². The van der Waals surface area contributed by atoms with Crippen molar-refractivity contribution in [2.24, 2.45) is 0 Å². The number of hydrogen-bond acceptors (Lipinski definition) is 5. The van der Waals surface area contributed by atoms with Gasteiger partial charge >= 0.3 is 0 Å². The summed E-state index contributed by atoms with van der Waals surface area (Å²) in [4.78, 5) is 16.9. The summed E-state index contributed by atoms with van der Waals surface area (Å²) in [6, 6.07) is 20.4. The van der Waals surface area contributed by atoms with E-state index in [2.05, 4.69) is 15.5 Å². The van der Waals surface area contributed by atoms with E-state index in [9.17, 15) is 4.79 Å². The molecule has 6 nitrogen and oxygen atoms in total. The Kier molecular flexibility index (Phi) is 6.41. The van der Waals surface area contributed by atoms with Gasteiger partial charge in [-0.05, 0) is 74.0 Å². The highest BCUT2D eigenvalue weighted by atomic mass is 16.5. The highest BCUT2D eigenvalue weighted by Crippen LogP contribution is 2.19. The number of aromatic nitrogens is 2. The summed E-state index contributed by atoms with van der Waals surface area (Å²) in [5, 5.41) is 6.86. The molecule has 6 heteroatoms. The molecule has 1 N–H and O–H groups in total. The first-order valence-electron chi connectivity index (χ1n) is 10.2. The van der Waals surface area contributed by atoms with E-state index in [1.807, 2.05) is 68.5 Å². The molecule has 0 unspecified atom stereocenters. The molecule has 4 rings (SSSR count). The first-order chi connectivity index (χ1) is 15.6. The summed E-state index contributed by atoms with van der Waals surface area (Å²) in [6.07, 6.45) is 5.65. The molecule has 0 atom stereocenters. The van der Waals surface area contributed by atoms with Crippen LogP contribution in [0.25, 0.3) is 12.2 Å². The fourth-order valence-corrected chi connectivity index (χ4v) is 3.15. The molecule has 1 amide bonds. The van der Waals surface area contributed by atoms with Crippen LogP contribution in [0.15, 0.2) is 77.4 Å². The maximum atomic E-state index is 12.6. The molecule has 32 heavy (non-hydrogen) atoms. The van der Waals surface area contributed by atoms with Crippen LogP contribution in [-0.4, -0.2) is 16.0 Å². The SMILES string of the molecule is Cc1noc(C)c1COc1ccc(C(=O)Nc2cccc(/C=C/c3ccccn3)c2)cc1. The Hall–Kier alpha value is -4.19. The van der Waals surface area contributed by atoms with Gasteiger partial charge in [0.2, 0.25) is 0 Å². The second kappa shape index (κ2) is 9.75. The number of pyridine rings is 1. The Morgan fingerprint density at radius 1 is 1.03 bits per heavy atom. The second-order valence-corrected chi connectivity index (χ2v) is 7.28. The number of nitrogens with one attached hydrogen (secondary N) is 1. The predicted molar refractivity (Wildman–Crippen MR) is 124 cm³/mol. The van der Waals surface area contributed by atoms with Gasteiger partial charge in [-0.3, -0.25) is 9.78 Å². The van der Waals surface area contributed by atoms with Crippen LogP contribution >= 0.6 is 0 Å². The molecule has 0 aliphatic carbocycles. The van der Waals surface area contributed by atoms with E-state index >= 15 is 0 Å². The lowest BCUT2D eigenvalue weighted by molar-refractivity contribution is 0.102. The molecule has 0 spiro atoms. The first-order valence-corrected chi connectivity index (χ1v) is 10.2. The van der Waals surface area contributed by atoms with Crippen molar-refractivity contribution >= 4 is 23.7 Å². The molecule has 4 aromatic rings. The summed E-state index contributed by atoms with van der Waals surface area (Å²) in [5.41, 5.74) is 4.86. The summed E-state index contributed by atoms with van der Waals surface area (Å²) in [6.45, 7) is 4.10. The van der Waals surface area contributed by atoms with Gasteiger partial charge in [-0.15, -0.1) is 0 Å². The molecule has 2 aromatic carbocycles. The smallest absolute Gasteiger partial charge is 0.255 e. The van der Waals surface area contributed by atoms with Crippen molar-refractivity contribution in [1.82, 2.24) is 10.1 Å². The van der Waals surface area contributed by atoms with Crippen molar-refractivity contribution in [3.8, 4) is 5.75 Å². The third kappa shape index (κ3) is 5.29. The van der Waals surface area contributed by atoms with Crippen LogP contribution in [0.4, 0.5) is 5.69 Å². The average Bonchev–Trinajstić information content (AvgIpc) is 3.14. The number of carbonyl (C=O) groups excluding carboxylic acids is 1. The van der Waals surface area contributed by atoms with Gasteiger partial charge in [0.15, 0.2) is 0 Å². The number of amides is 1. The van der Waals surface area contributed by atoms with Gasteiger partial charge in [0.05, 0.1) is 17.0 Å². The number of hydrogen-bond donors (Lipinski definition) is 1. The van der Waals surface area contributed by atoms with Gasteiger partial charge in [0.25, 0.3) is 5.91 Å². The number of rotatable bonds is 7. The summed E-state index contributed by atoms with van der Waals surface area (Å²) in [7, 11) is 0. The Balaban J connectivity index is 1.37. The van der Waals surface area contributed by atoms with Crippen molar-refractivity contribution in [3.05, 3.63) is 107 Å². The van der Waals surface area contributed by atoms with Crippen LogP contribution in [0, 0.1) is 13.8 Å². The predicted octanol–water partition coefficient (Wildman–Crippen LogP) is 5.69. The Bertz CT molecular complexity index is 1210. The van der Waals surface area contributed by atoms with Crippen molar-refractivity contribution in [3.63, 3.8) is 0 Å². The van der Waals surface area contributed by atoms with Crippen molar-refractivity contribution < 1.29 is 14.1 Å². The van der Waals surface area contributed by atoms with Crippen LogP contribution in [0.1, 0.15) is 38.6 Å². The largest absolute Gasteiger partial charge is 0.489 e. The van der Waals surface area contributed by atoms with Gasteiger partial charge in [0, 0.05) is 17.4 Å². The summed E-state index contributed by atoms with van der Waals surface area (Å²) >= 11 is 0. The number of nitrogens with zero attached hydrogens (tertiary/aromatic N) is 2. The summed E-state index contributed by atoms with van der Waals surface area (Å²) < 4.78 is 10.9. The minimum absolute atomic E-state index is 0.187. The van der Waals surface area contributed by atoms with E-state index in [-0.39, 0.29) is 5.91 Å². The van der Waals surface area contributed by atoms with Crippen LogP contribution in [0.2, 0.25) is 0 Å². The van der Waals surface area contributed by atoms with Gasteiger partial charge < -0.3 is 14.6 Å². The molecule has 2 heterocycles. The minimum atomic E-state index is -0.187. The van der Waals surface area contributed by atoms with Gasteiger partial charge in [-0.1, -0.05) is 29.4 Å². The normalized spacial score (nSPS) is 10.9. The lowest BCUT2D eigenvalue weighted by Gasteiger charge is -2.08. The van der Waals surface area contributed by atoms with E-state index in [0.717, 1.165) is 34.0 Å². The average molecular weight is 425 g/mol. The first kappa shape index (κ1) is 21.1. The Morgan fingerprint density at radius 3 is 2.59 bits per heavy atom. The van der Waals surface area contributed by atoms with E-state index in [1.165, 1.54) is 0 Å². The van der Waals surface area contributed by atoms with Gasteiger partial charge in [-0.25, -0.2) is 0 Å². The lowest BCUT2D eigenvalue weighted by Crippen LogP contribution is -2.11. The van der Waals surface area contributed by atoms with Crippen LogP contribution in [-0.2, 0) is 6.61 Å². The van der Waals surface area contributed by atoms with Crippen molar-refractivity contribution in [2.75, 3.05) is 5.32 Å². The van der Waals surface area contributed by atoms with E-state index < -0.39 is 0 Å². The topological polar surface area (TPSA) is 77.2 Å². The summed E-state index contributed by atoms with van der Waals surface area (Å²) in [5.74, 6) is 1.23. The number of ether oxygens (including phenoxy) is 1. The van der Waals surface area contributed by atoms with E-state index in [4.69, 9.17) is 9.26 Å². The number of aryl methyl sites for hydroxylation is 2. The fraction of sp³-hybridized carbons (Fsp3) is 0.115. The zero-order chi connectivity index (χ0) is 22.3. The van der Waals surface area contributed by atoms with Crippen molar-refractivity contribution in [1.29, 1.82) is 0 Å². The zero-order valence-electron chi connectivity index (χ0n) is 17.9. The third-order valence-corrected chi connectivity index (χ3v) is 4.96. The molecule has 160 valence electrons. The maximum Gasteiger partial charge on any atom is 0.255 e. The van der Waals surface area contributed by atoms with Gasteiger partial charge in [-0.2, -0.15) is 0 Å². The highest BCUT2D eigenvalue weighted by Gasteiger charge is 2.10. The molecule has 0 bridgehead atoms. The molecular weight excluding hydrogens is 402 g/mol. The standard InChI is InChI=1S/C26H23N3O3/c1-18-25(19(2)32-29-18)17-31-24-13-10-21(11-14-24)26(30)28-23-8-5-6-20(16-23)9-12-22-7-3-4-15-27-22/h3-16H,17H2,1-2H3,(H,28,30)/b12-9+. The molecule has 0 saturated heterocycles. The lowest BCUT2D eigenvalue weighted by atomic mass is 10.1. The number of benzene rings is 2. The molecule has 0 saturated carbocycles. The third-order valence-electron chi connectivity index (χ3n) is 4.96. The van der Waals surface area contributed by atoms with Crippen molar-refractivity contribution in [2.45, 2.75) is 20.5 Å². The second-order valence-electron chi connectivity index (χ2n) is 7.28. The number of anilines is 1.